The molecule has 2 aromatic carbocycles. The van der Waals surface area contributed by atoms with Gasteiger partial charge in [0.05, 0.1) is 16.3 Å². The van der Waals surface area contributed by atoms with E-state index in [1.165, 1.54) is 0 Å². The third kappa shape index (κ3) is 1.37. The molecule has 4 aromatic rings. The molecule has 90 valence electrons. The van der Waals surface area contributed by atoms with Gasteiger partial charge in [0.25, 0.3) is 6.33 Å². The second-order valence-corrected chi connectivity index (χ2v) is 4.45. The number of nitrogens with zero attached hydrogens (tertiary/aromatic N) is 2. The van der Waals surface area contributed by atoms with E-state index in [2.05, 4.69) is 9.97 Å². The van der Waals surface area contributed by atoms with Gasteiger partial charge in [-0.15, -0.1) is 4.40 Å². The van der Waals surface area contributed by atoms with E-state index in [0.29, 0.717) is 11.0 Å². The van der Waals surface area contributed by atoms with E-state index in [1.54, 1.807) is 16.8 Å². The summed E-state index contributed by atoms with van der Waals surface area (Å²) >= 11 is 0. The Balaban J connectivity index is 2.36. The lowest BCUT2D eigenvalue weighted by molar-refractivity contribution is -0.350. The van der Waals surface area contributed by atoms with Crippen molar-refractivity contribution < 1.29 is 4.98 Å². The molecule has 0 spiro atoms. The summed E-state index contributed by atoms with van der Waals surface area (Å²) in [5.41, 5.74) is 2.31. The molecule has 0 bridgehead atoms. The Bertz CT molecular complexity index is 989. The van der Waals surface area contributed by atoms with E-state index in [0.717, 1.165) is 16.4 Å². The fourth-order valence-electron chi connectivity index (χ4n) is 2.39. The minimum Gasteiger partial charge on any atom is -0.246 e. The lowest BCUT2D eigenvalue weighted by Crippen LogP contribution is -2.20. The summed E-state index contributed by atoms with van der Waals surface area (Å²) in [7, 11) is 0. The van der Waals surface area contributed by atoms with Crippen molar-refractivity contribution in [2.45, 2.75) is 0 Å². The van der Waals surface area contributed by atoms with E-state index < -0.39 is 0 Å². The number of aromatic amines is 1. The van der Waals surface area contributed by atoms with Crippen LogP contribution in [0.15, 0.2) is 59.7 Å². The highest BCUT2D eigenvalue weighted by atomic mass is 16.1. The maximum atomic E-state index is 12.4. The average Bonchev–Trinajstić information content (AvgIpc) is 2.47. The standard InChI is InChI=1S/C15H9N3O/c19-15-11-6-2-4-8-13(11)17-14-10-5-1-3-7-12(10)16-9-18(14)15/h1-9H/p+1. The van der Waals surface area contributed by atoms with Crippen molar-refractivity contribution in [3.05, 3.63) is 65.2 Å². The maximum absolute atomic E-state index is 12.4. The second-order valence-electron chi connectivity index (χ2n) is 4.45. The number of hydrogen-bond donors (Lipinski definition) is 0. The summed E-state index contributed by atoms with van der Waals surface area (Å²) in [6, 6.07) is 15.2. The minimum absolute atomic E-state index is 0.0531. The van der Waals surface area contributed by atoms with Gasteiger partial charge < -0.3 is 0 Å². The molecular formula is C15H10N3O+. The minimum atomic E-state index is -0.0531. The molecule has 2 heterocycles. The van der Waals surface area contributed by atoms with E-state index in [4.69, 9.17) is 0 Å². The molecule has 0 amide bonds. The third-order valence-electron chi connectivity index (χ3n) is 3.32. The van der Waals surface area contributed by atoms with Crippen LogP contribution in [0.5, 0.6) is 0 Å². The number of fused-ring (bicyclic) bond motifs is 4. The summed E-state index contributed by atoms with van der Waals surface area (Å²) < 4.78 is 1.56. The average molecular weight is 248 g/mol. The van der Waals surface area contributed by atoms with Gasteiger partial charge in [0, 0.05) is 0 Å². The summed E-state index contributed by atoms with van der Waals surface area (Å²) in [6.07, 6.45) is 1.67. The number of hydrogen-bond acceptors (Lipinski definition) is 2. The molecular weight excluding hydrogens is 238 g/mol. The monoisotopic (exact) mass is 248 g/mol. The zero-order chi connectivity index (χ0) is 12.8. The Morgan fingerprint density at radius 2 is 1.68 bits per heavy atom. The normalized spacial score (nSPS) is 11.4. The summed E-state index contributed by atoms with van der Waals surface area (Å²) in [4.78, 5) is 20.2. The largest absolute Gasteiger partial charge is 0.349 e. The molecule has 0 fully saturated rings. The summed E-state index contributed by atoms with van der Waals surface area (Å²) in [5.74, 6) is 0. The van der Waals surface area contributed by atoms with Crippen molar-refractivity contribution in [1.29, 1.82) is 0 Å². The number of aromatic nitrogens is 3. The molecule has 0 saturated heterocycles. The Labute approximate surface area is 108 Å². The highest BCUT2D eigenvalue weighted by Crippen LogP contribution is 2.15. The van der Waals surface area contributed by atoms with Gasteiger partial charge in [-0.2, -0.15) is 0 Å². The number of rotatable bonds is 0. The molecule has 19 heavy (non-hydrogen) atoms. The second kappa shape index (κ2) is 3.62. The molecule has 4 rings (SSSR count). The molecule has 4 nitrogen and oxygen atoms in total. The number of para-hydroxylation sites is 2. The third-order valence-corrected chi connectivity index (χ3v) is 3.32. The Morgan fingerprint density at radius 3 is 2.58 bits per heavy atom. The molecule has 1 N–H and O–H groups in total. The van der Waals surface area contributed by atoms with Crippen LogP contribution < -0.4 is 10.5 Å². The van der Waals surface area contributed by atoms with E-state index in [9.17, 15) is 4.79 Å². The van der Waals surface area contributed by atoms with Crippen LogP contribution in [-0.2, 0) is 0 Å². The molecule has 0 radical (unpaired) electrons. The summed E-state index contributed by atoms with van der Waals surface area (Å²) in [5, 5.41) is 1.57. The first-order valence-corrected chi connectivity index (χ1v) is 6.05. The van der Waals surface area contributed by atoms with Gasteiger partial charge >= 0.3 is 5.56 Å². The van der Waals surface area contributed by atoms with E-state index >= 15 is 0 Å². The van der Waals surface area contributed by atoms with Crippen molar-refractivity contribution in [3.8, 4) is 0 Å². The Morgan fingerprint density at radius 1 is 0.947 bits per heavy atom. The molecule has 0 aliphatic carbocycles. The molecule has 0 unspecified atom stereocenters. The maximum Gasteiger partial charge on any atom is 0.349 e. The predicted molar refractivity (Wildman–Crippen MR) is 73.0 cm³/mol. The van der Waals surface area contributed by atoms with Gasteiger partial charge in [0.1, 0.15) is 5.52 Å². The van der Waals surface area contributed by atoms with Crippen LogP contribution in [0.25, 0.3) is 27.5 Å². The van der Waals surface area contributed by atoms with Crippen molar-refractivity contribution in [1.82, 2.24) is 9.38 Å². The molecule has 4 heteroatoms. The highest BCUT2D eigenvalue weighted by molar-refractivity contribution is 5.91. The lowest BCUT2D eigenvalue weighted by atomic mass is 10.2. The van der Waals surface area contributed by atoms with Gasteiger partial charge in [0.15, 0.2) is 0 Å². The number of nitrogens with one attached hydrogen (secondary N) is 1. The zero-order valence-electron chi connectivity index (χ0n) is 10.00. The Kier molecular flexibility index (Phi) is 1.94. The van der Waals surface area contributed by atoms with Crippen LogP contribution in [0.2, 0.25) is 0 Å². The predicted octanol–water partition coefficient (Wildman–Crippen LogP) is 1.81. The quantitative estimate of drug-likeness (QED) is 0.352. The first kappa shape index (κ1) is 10.2. The summed E-state index contributed by atoms with van der Waals surface area (Å²) in [6.45, 7) is 0. The van der Waals surface area contributed by atoms with Gasteiger partial charge in [-0.25, -0.2) is 14.8 Å². The zero-order valence-corrected chi connectivity index (χ0v) is 10.00. The van der Waals surface area contributed by atoms with Crippen LogP contribution in [0.1, 0.15) is 0 Å². The molecule has 0 atom stereocenters. The fraction of sp³-hybridized carbons (Fsp3) is 0. The van der Waals surface area contributed by atoms with Gasteiger partial charge in [-0.3, -0.25) is 0 Å². The van der Waals surface area contributed by atoms with Crippen LogP contribution in [0, 0.1) is 0 Å². The van der Waals surface area contributed by atoms with Crippen molar-refractivity contribution in [2.75, 3.05) is 0 Å². The van der Waals surface area contributed by atoms with Crippen molar-refractivity contribution in [2.24, 2.45) is 0 Å². The molecule has 0 aliphatic heterocycles. The topological polar surface area (TPSA) is 48.5 Å². The highest BCUT2D eigenvalue weighted by Gasteiger charge is 2.13. The van der Waals surface area contributed by atoms with Gasteiger partial charge in [-0.05, 0) is 24.3 Å². The van der Waals surface area contributed by atoms with Crippen LogP contribution >= 0.6 is 0 Å². The number of benzene rings is 2. The van der Waals surface area contributed by atoms with Gasteiger partial charge in [0.2, 0.25) is 5.65 Å². The van der Waals surface area contributed by atoms with Crippen molar-refractivity contribution >= 4 is 27.5 Å². The Hall–Kier alpha value is -2.75. The fourth-order valence-corrected chi connectivity index (χ4v) is 2.39. The van der Waals surface area contributed by atoms with Crippen LogP contribution in [-0.4, -0.2) is 9.38 Å². The SMILES string of the molecule is O=c1c2ccccc2nc2c3ccccc3[nH+]cn12. The smallest absolute Gasteiger partial charge is 0.246 e. The van der Waals surface area contributed by atoms with Crippen molar-refractivity contribution in [3.63, 3.8) is 0 Å². The first-order valence-electron chi connectivity index (χ1n) is 6.05. The number of H-pyrrole nitrogens is 1. The van der Waals surface area contributed by atoms with E-state index in [1.807, 2.05) is 42.5 Å². The molecule has 0 saturated carbocycles. The molecule has 2 aromatic heterocycles. The molecule has 0 aliphatic rings. The van der Waals surface area contributed by atoms with Crippen LogP contribution in [0.4, 0.5) is 0 Å². The van der Waals surface area contributed by atoms with Gasteiger partial charge in [-0.1, -0.05) is 24.3 Å². The van der Waals surface area contributed by atoms with Crippen LogP contribution in [0.3, 0.4) is 0 Å². The van der Waals surface area contributed by atoms with E-state index in [-0.39, 0.29) is 5.56 Å². The lowest BCUT2D eigenvalue weighted by Gasteiger charge is -2.00. The first-order chi connectivity index (χ1) is 9.34.